The summed E-state index contributed by atoms with van der Waals surface area (Å²) in [4.78, 5) is 19.7. The molecule has 0 saturated heterocycles. The first-order valence-electron chi connectivity index (χ1n) is 4.43. The number of aromatic nitrogens is 2. The zero-order chi connectivity index (χ0) is 11.7. The average Bonchev–Trinajstić information content (AvgIpc) is 2.72. The maximum atomic E-state index is 10.9. The van der Waals surface area contributed by atoms with Crippen molar-refractivity contribution in [2.24, 2.45) is 0 Å². The van der Waals surface area contributed by atoms with Gasteiger partial charge in [-0.25, -0.2) is 9.97 Å². The van der Waals surface area contributed by atoms with Gasteiger partial charge in [-0.1, -0.05) is 11.3 Å². The fourth-order valence-corrected chi connectivity index (χ4v) is 2.28. The van der Waals surface area contributed by atoms with Crippen LogP contribution < -0.4 is 5.32 Å². The van der Waals surface area contributed by atoms with Crippen LogP contribution in [-0.2, 0) is 4.79 Å². The van der Waals surface area contributed by atoms with Gasteiger partial charge in [-0.2, -0.15) is 0 Å². The van der Waals surface area contributed by atoms with E-state index in [9.17, 15) is 4.79 Å². The van der Waals surface area contributed by atoms with E-state index < -0.39 is 0 Å². The molecule has 2 aromatic rings. The van der Waals surface area contributed by atoms with E-state index in [1.54, 1.807) is 0 Å². The van der Waals surface area contributed by atoms with E-state index >= 15 is 0 Å². The summed E-state index contributed by atoms with van der Waals surface area (Å²) in [5.41, 5.74) is 0.765. The number of halogens is 1. The minimum atomic E-state index is -0.157. The summed E-state index contributed by atoms with van der Waals surface area (Å²) in [7, 11) is 0. The number of nitrogens with one attached hydrogen (secondary N) is 1. The molecule has 1 N–H and O–H groups in total. The molecule has 16 heavy (non-hydrogen) atoms. The third-order valence-electron chi connectivity index (χ3n) is 1.78. The molecule has 0 aliphatic heterocycles. The number of aryl methyl sites for hydroxylation is 1. The number of hydrogen-bond acceptors (Lipinski definition) is 5. The molecule has 0 saturated carbocycles. The van der Waals surface area contributed by atoms with Crippen LogP contribution in [0.4, 0.5) is 5.13 Å². The van der Waals surface area contributed by atoms with E-state index in [0.29, 0.717) is 10.9 Å². The summed E-state index contributed by atoms with van der Waals surface area (Å²) in [6.45, 7) is 3.26. The lowest BCUT2D eigenvalue weighted by molar-refractivity contribution is -0.114. The highest BCUT2D eigenvalue weighted by Crippen LogP contribution is 2.33. The SMILES string of the molecule is CC(=O)Nc1nc(C)c(-c2cnc(Cl)o2)s1. The van der Waals surface area contributed by atoms with Crippen molar-refractivity contribution in [1.29, 1.82) is 0 Å². The summed E-state index contributed by atoms with van der Waals surface area (Å²) in [5, 5.41) is 3.24. The Balaban J connectivity index is 2.35. The van der Waals surface area contributed by atoms with E-state index in [0.717, 1.165) is 10.6 Å². The van der Waals surface area contributed by atoms with Gasteiger partial charge in [-0.3, -0.25) is 4.79 Å². The van der Waals surface area contributed by atoms with Crippen LogP contribution in [0, 0.1) is 6.92 Å². The minimum Gasteiger partial charge on any atom is -0.427 e. The second-order valence-electron chi connectivity index (χ2n) is 3.09. The molecule has 0 fully saturated rings. The Hall–Kier alpha value is -1.40. The quantitative estimate of drug-likeness (QED) is 0.898. The lowest BCUT2D eigenvalue weighted by Gasteiger charge is -1.91. The standard InChI is InChI=1S/C9H8ClN3O2S/c1-4-7(6-3-11-8(10)15-6)16-9(12-4)13-5(2)14/h3H,1-2H3,(H,12,13,14). The third kappa shape index (κ3) is 2.23. The molecule has 5 nitrogen and oxygen atoms in total. The van der Waals surface area contributed by atoms with Crippen molar-refractivity contribution in [2.75, 3.05) is 5.32 Å². The van der Waals surface area contributed by atoms with Crippen molar-refractivity contribution >= 4 is 34.0 Å². The summed E-state index contributed by atoms with van der Waals surface area (Å²) < 4.78 is 5.18. The highest BCUT2D eigenvalue weighted by Gasteiger charge is 2.14. The van der Waals surface area contributed by atoms with Crippen LogP contribution in [0.2, 0.25) is 5.35 Å². The highest BCUT2D eigenvalue weighted by atomic mass is 35.5. The Bertz CT molecular complexity index is 535. The highest BCUT2D eigenvalue weighted by molar-refractivity contribution is 7.19. The van der Waals surface area contributed by atoms with Gasteiger partial charge in [-0.05, 0) is 18.5 Å². The van der Waals surface area contributed by atoms with Gasteiger partial charge in [0, 0.05) is 6.92 Å². The first-order chi connectivity index (χ1) is 7.56. The van der Waals surface area contributed by atoms with Crippen LogP contribution in [-0.4, -0.2) is 15.9 Å². The predicted octanol–water partition coefficient (Wildman–Crippen LogP) is 2.72. The number of carbonyl (C=O) groups excluding carboxylic acids is 1. The predicted molar refractivity (Wildman–Crippen MR) is 61.7 cm³/mol. The van der Waals surface area contributed by atoms with Gasteiger partial charge in [0.1, 0.15) is 0 Å². The Labute approximate surface area is 100 Å². The molecule has 0 radical (unpaired) electrons. The second-order valence-corrected chi connectivity index (χ2v) is 4.41. The third-order valence-corrected chi connectivity index (χ3v) is 3.04. The second kappa shape index (κ2) is 4.23. The number of anilines is 1. The van der Waals surface area contributed by atoms with Crippen molar-refractivity contribution in [3.05, 3.63) is 17.2 Å². The van der Waals surface area contributed by atoms with E-state index in [2.05, 4.69) is 15.3 Å². The van der Waals surface area contributed by atoms with Crippen LogP contribution in [0.25, 0.3) is 10.6 Å². The van der Waals surface area contributed by atoms with E-state index in [4.69, 9.17) is 16.0 Å². The Morgan fingerprint density at radius 3 is 2.94 bits per heavy atom. The molecular weight excluding hydrogens is 250 g/mol. The summed E-state index contributed by atoms with van der Waals surface area (Å²) in [6, 6.07) is 0. The largest absolute Gasteiger partial charge is 0.427 e. The molecule has 0 atom stereocenters. The number of amides is 1. The van der Waals surface area contributed by atoms with Crippen molar-refractivity contribution < 1.29 is 9.21 Å². The molecule has 84 valence electrons. The van der Waals surface area contributed by atoms with Crippen LogP contribution in [0.3, 0.4) is 0 Å². The zero-order valence-electron chi connectivity index (χ0n) is 8.57. The van der Waals surface area contributed by atoms with Crippen LogP contribution in [0.5, 0.6) is 0 Å². The van der Waals surface area contributed by atoms with Gasteiger partial charge >= 0.3 is 0 Å². The number of rotatable bonds is 2. The molecule has 7 heteroatoms. The lowest BCUT2D eigenvalue weighted by Crippen LogP contribution is -2.04. The molecule has 0 aromatic carbocycles. The van der Waals surface area contributed by atoms with E-state index in [-0.39, 0.29) is 11.3 Å². The first-order valence-corrected chi connectivity index (χ1v) is 5.62. The molecular formula is C9H8ClN3O2S. The topological polar surface area (TPSA) is 68.0 Å². The Kier molecular flexibility index (Phi) is 2.93. The maximum Gasteiger partial charge on any atom is 0.292 e. The van der Waals surface area contributed by atoms with Gasteiger partial charge in [-0.15, -0.1) is 0 Å². The smallest absolute Gasteiger partial charge is 0.292 e. The molecule has 2 aromatic heterocycles. The number of hydrogen-bond donors (Lipinski definition) is 1. The fraction of sp³-hybridized carbons (Fsp3) is 0.222. The number of carbonyl (C=O) groups is 1. The molecule has 0 unspecified atom stereocenters. The van der Waals surface area contributed by atoms with Gasteiger partial charge in [0.15, 0.2) is 10.9 Å². The monoisotopic (exact) mass is 257 g/mol. The van der Waals surface area contributed by atoms with Gasteiger partial charge in [0.2, 0.25) is 5.91 Å². The van der Waals surface area contributed by atoms with Crippen LogP contribution in [0.1, 0.15) is 12.6 Å². The zero-order valence-corrected chi connectivity index (χ0v) is 10.1. The van der Waals surface area contributed by atoms with Crippen LogP contribution >= 0.6 is 22.9 Å². The van der Waals surface area contributed by atoms with Crippen molar-refractivity contribution in [1.82, 2.24) is 9.97 Å². The number of nitrogens with zero attached hydrogens (tertiary/aromatic N) is 2. The normalized spacial score (nSPS) is 10.4. The van der Waals surface area contributed by atoms with Crippen molar-refractivity contribution in [3.8, 4) is 10.6 Å². The lowest BCUT2D eigenvalue weighted by atomic mass is 10.3. The number of oxazole rings is 1. The summed E-state index contributed by atoms with van der Waals surface area (Å²) in [5.74, 6) is 0.396. The van der Waals surface area contributed by atoms with Gasteiger partial charge < -0.3 is 9.73 Å². The molecule has 0 aliphatic carbocycles. The van der Waals surface area contributed by atoms with Gasteiger partial charge in [0.25, 0.3) is 5.35 Å². The average molecular weight is 258 g/mol. The minimum absolute atomic E-state index is 0.0869. The fourth-order valence-electron chi connectivity index (χ4n) is 1.19. The maximum absolute atomic E-state index is 10.9. The van der Waals surface area contributed by atoms with Gasteiger partial charge in [0.05, 0.1) is 16.8 Å². The number of thiazole rings is 1. The Morgan fingerprint density at radius 2 is 2.38 bits per heavy atom. The first kappa shape index (κ1) is 11.1. The molecule has 2 heterocycles. The molecule has 0 spiro atoms. The van der Waals surface area contributed by atoms with Crippen molar-refractivity contribution in [3.63, 3.8) is 0 Å². The van der Waals surface area contributed by atoms with Crippen molar-refractivity contribution in [2.45, 2.75) is 13.8 Å². The Morgan fingerprint density at radius 1 is 1.62 bits per heavy atom. The van der Waals surface area contributed by atoms with E-state index in [1.807, 2.05) is 6.92 Å². The summed E-state index contributed by atoms with van der Waals surface area (Å²) in [6.07, 6.45) is 1.53. The molecule has 0 aliphatic rings. The van der Waals surface area contributed by atoms with E-state index in [1.165, 1.54) is 24.5 Å². The van der Waals surface area contributed by atoms with Crippen LogP contribution in [0.15, 0.2) is 10.6 Å². The molecule has 1 amide bonds. The molecule has 2 rings (SSSR count). The summed E-state index contributed by atoms with van der Waals surface area (Å²) >= 11 is 6.91. The molecule has 0 bridgehead atoms.